The number of carboxylic acids is 1. The van der Waals surface area contributed by atoms with E-state index in [1.54, 1.807) is 72.7 Å². The molecular formula is C99H182AlLiN22O22. The number of hydrogen-bond acceptors (Lipinski definition) is 35. The van der Waals surface area contributed by atoms with E-state index in [4.69, 9.17) is 29.9 Å². The normalized spacial score (nSPS) is 17.2. The van der Waals surface area contributed by atoms with Gasteiger partial charge >= 0.3 is 66.9 Å². The third kappa shape index (κ3) is 51.6. The molecule has 6 unspecified atom stereocenters. The Morgan fingerprint density at radius 1 is 0.510 bits per heavy atom. The summed E-state index contributed by atoms with van der Waals surface area (Å²) in [5.74, 6) is 11.9. The standard InChI is InChI=1S/C20H32N4O3.C19H32N6O2.C15H28N2O5.C12H16N2O4.C9H16N2O2.C9H20N2.C8H17NO2.C7H13NO4.Al.Li.H4N2.4H/c1-7-14(4)17-12-24(9-8-23(17)5)19(25)16-11-15(10-13(2)3)18(22-21-16)20(26)27-6;1-6-13(4)16-11-25(8-7-24(16)5)19(27)15-10-14(9-12(2)3)17(23-22-15)18(26)21-20;1-8-10(2)12(13(19)21-7)17(6)11(18)9-16-14(20)22-15(3,4)5;1-7(2)5-8-6-9(11(15)17-3)13-14-10(8)12(16)18-4;1-4-6(2)8-9(13)10-5-7(12)11(8)3;1-4-8(2)9-7-10-5-6-11(9)3;1-5-6(2)7(9-3)8(10)11-4;1-7(2,3)12-6(11)8-4-5(9)10;;;1-2;;;;/h11,13-14,17H,7-10,12H2,1-6H3;10,12-13,16H,6-9,11,20H2,1-5H3,(H,21,26);10,12H,8-9H2,1-7H3,(H,16,20);6-7H,5H2,1-4H3;6,8H,4-5H2,1-3H3,(H,10,13);8-10H,4-7H2,1-3H3;6-7,9H,5H2,1-4H3;4H2,1-3H3,(H,8,11)(H,9,10);;;1-2H2;;;;/q;;;;;;;;;+1;;;;;-1/t14?,17-;13?,16-;10?,12-;;6?,8-;8?,9-;6?,7-;;;;;;;;/m110.010......../s1. The molecular weight excluding hydrogens is 1880 g/mol. The van der Waals surface area contributed by atoms with Crippen molar-refractivity contribution in [1.82, 2.24) is 96.9 Å². The van der Waals surface area contributed by atoms with Crippen LogP contribution >= 0.6 is 0 Å². The topological polar surface area (TPSA) is 574 Å². The summed E-state index contributed by atoms with van der Waals surface area (Å²) in [6.07, 6.45) is 6.49. The molecule has 0 spiro atoms. The van der Waals surface area contributed by atoms with Gasteiger partial charge in [0.25, 0.3) is 17.7 Å². The molecule has 13 N–H and O–H groups in total. The fourth-order valence-electron chi connectivity index (χ4n) is 15.2. The van der Waals surface area contributed by atoms with Gasteiger partial charge in [-0.3, -0.25) is 65.3 Å². The molecule has 3 aromatic heterocycles. The molecule has 4 fully saturated rings. The molecule has 145 heavy (non-hydrogen) atoms. The molecule has 3 aromatic rings. The van der Waals surface area contributed by atoms with Crippen molar-refractivity contribution < 1.29 is 126 Å². The van der Waals surface area contributed by atoms with Crippen molar-refractivity contribution in [3.63, 3.8) is 0 Å². The molecule has 12 atom stereocenters. The Bertz CT molecular complexity index is 4300. The predicted octanol–water partition coefficient (Wildman–Crippen LogP) is 3.22. The minimum Gasteiger partial charge on any atom is -1.00 e. The summed E-state index contributed by atoms with van der Waals surface area (Å²) in [7, 11) is 18.0. The van der Waals surface area contributed by atoms with Crippen LogP contribution in [-0.4, -0.2) is 375 Å². The van der Waals surface area contributed by atoms with Crippen LogP contribution in [-0.2, 0) is 81.2 Å². The number of nitrogens with one attached hydrogen (secondary N) is 6. The molecule has 4 saturated heterocycles. The zero-order valence-electron chi connectivity index (χ0n) is 94.3. The number of piperazine rings is 4. The molecule has 7 heterocycles. The molecule has 0 bridgehead atoms. The minimum absolute atomic E-state index is 0. The molecule has 7 rings (SSSR count). The van der Waals surface area contributed by atoms with Crippen LogP contribution in [0, 0.1) is 53.3 Å². The van der Waals surface area contributed by atoms with Gasteiger partial charge < -0.3 is 90.8 Å². The summed E-state index contributed by atoms with van der Waals surface area (Å²) in [6.45, 7) is 55.2. The number of nitrogens with two attached hydrogens (primary N) is 3. The summed E-state index contributed by atoms with van der Waals surface area (Å²) in [5.41, 5.74) is 4.08. The number of alkyl carbamates (subject to hydrolysis) is 2. The van der Waals surface area contributed by atoms with E-state index in [1.165, 1.54) is 73.1 Å². The average molecular weight is 2070 g/mol. The van der Waals surface area contributed by atoms with Gasteiger partial charge in [-0.15, -0.1) is 30.6 Å². The van der Waals surface area contributed by atoms with Gasteiger partial charge in [0.05, 0.1) is 42.1 Å². The quantitative estimate of drug-likeness (QED) is 0.0107. The number of likely N-dealkylation sites (N-methyl/N-ethyl adjacent to an activating group) is 6. The zero-order chi connectivity index (χ0) is 110. The fraction of sp³-hybridized carbons (Fsp3) is 0.737. The second-order valence-electron chi connectivity index (χ2n) is 39.2. The molecule has 0 radical (unpaired) electrons. The Labute approximate surface area is 886 Å². The summed E-state index contributed by atoms with van der Waals surface area (Å²) in [5, 5.41) is 45.1. The van der Waals surface area contributed by atoms with E-state index in [1.807, 2.05) is 72.1 Å². The van der Waals surface area contributed by atoms with Gasteiger partial charge in [-0.05, 0) is 177 Å². The third-order valence-electron chi connectivity index (χ3n) is 24.5. The van der Waals surface area contributed by atoms with Crippen molar-refractivity contribution in [2.45, 2.75) is 271 Å². The molecule has 0 aliphatic carbocycles. The Hall–Kier alpha value is -9.77. The first-order valence-electron chi connectivity index (χ1n) is 49.3. The van der Waals surface area contributed by atoms with Crippen LogP contribution in [0.2, 0.25) is 0 Å². The summed E-state index contributed by atoms with van der Waals surface area (Å²) in [6, 6.07) is 5.22. The molecule has 4 aliphatic heterocycles. The van der Waals surface area contributed by atoms with Crippen LogP contribution in [0.5, 0.6) is 0 Å². The van der Waals surface area contributed by atoms with Gasteiger partial charge in [0.2, 0.25) is 17.7 Å². The molecule has 44 nitrogen and oxygen atoms in total. The van der Waals surface area contributed by atoms with Crippen molar-refractivity contribution in [3.05, 3.63) is 69.1 Å². The van der Waals surface area contributed by atoms with E-state index < -0.39 is 71.7 Å². The van der Waals surface area contributed by atoms with Gasteiger partial charge in [-0.1, -0.05) is 163 Å². The number of carbonyl (C=O) groups excluding carboxylic acids is 13. The Morgan fingerprint density at radius 2 is 0.883 bits per heavy atom. The largest absolute Gasteiger partial charge is 1.00 e. The first-order valence-corrected chi connectivity index (χ1v) is 49.3. The smallest absolute Gasteiger partial charge is 1.00 e. The molecule has 0 saturated carbocycles. The van der Waals surface area contributed by atoms with Crippen LogP contribution < -0.4 is 68.4 Å². The third-order valence-corrected chi connectivity index (χ3v) is 24.5. The maximum atomic E-state index is 13.0. The van der Waals surface area contributed by atoms with Crippen LogP contribution in [0.15, 0.2) is 18.2 Å². The van der Waals surface area contributed by atoms with E-state index in [0.717, 1.165) is 63.7 Å². The van der Waals surface area contributed by atoms with Gasteiger partial charge in [0, 0.05) is 91.1 Å². The Kier molecular flexibility index (Phi) is 71.6. The number of carboxylic acid groups (broad SMARTS) is 1. The molecule has 0 aromatic carbocycles. The number of esters is 5. The van der Waals surface area contributed by atoms with Crippen molar-refractivity contribution >= 4 is 101 Å². The van der Waals surface area contributed by atoms with Crippen molar-refractivity contribution in [3.8, 4) is 0 Å². The Balaban J connectivity index is -0.000000528. The second kappa shape index (κ2) is 73.3. The van der Waals surface area contributed by atoms with Crippen molar-refractivity contribution in [2.75, 3.05) is 156 Å². The number of carbonyl (C=O) groups is 14. The number of ether oxygens (including phenoxy) is 7. The molecule has 824 valence electrons. The van der Waals surface area contributed by atoms with E-state index >= 15 is 0 Å². The fourth-order valence-corrected chi connectivity index (χ4v) is 15.2. The van der Waals surface area contributed by atoms with Crippen molar-refractivity contribution in [1.29, 1.82) is 0 Å². The Morgan fingerprint density at radius 3 is 1.23 bits per heavy atom. The first kappa shape index (κ1) is 141. The number of rotatable bonds is 32. The number of aliphatic carboxylic acids is 1. The van der Waals surface area contributed by atoms with Crippen molar-refractivity contribution in [2.24, 2.45) is 70.8 Å². The van der Waals surface area contributed by atoms with Crippen LogP contribution in [0.25, 0.3) is 0 Å². The molecule has 4 aliphatic rings. The monoisotopic (exact) mass is 2070 g/mol. The summed E-state index contributed by atoms with van der Waals surface area (Å²) >= 11 is 0. The van der Waals surface area contributed by atoms with Crippen LogP contribution in [0.4, 0.5) is 9.59 Å². The SMILES string of the molecule is CC(C)(C)OC(=O)NCC(=O)O.CCC(C)[C@@H](C(=O)OC)N(C)C(=O)CNC(=O)OC(C)(C)C.CCC(C)[C@H](NC)C(=O)OC.CCC(C)[C@H]1C(=O)NCC(=O)N1C.CCC(C)[C@H]1CN(C(=O)c2cc(CC(C)C)c(C(=O)NN)nn2)CCN1C.CCC(C)[C@H]1CN(C(=O)c2cc(CC(C)C)c(C(=O)OC)nn2)CCN1C.CCC(C)[C@H]1CNCCN1C.COC(=O)c1cc(CC(C)C)c(C(=O)OC)nn1.NN.[AlH3].[H-].[Li+]. The number of nitrogen functional groups attached to an aromatic ring is 1. The van der Waals surface area contributed by atoms with Gasteiger partial charge in [-0.2, -0.15) is 0 Å². The van der Waals surface area contributed by atoms with Gasteiger partial charge in [0.1, 0.15) is 42.4 Å². The number of methoxy groups -OCH3 is 5. The van der Waals surface area contributed by atoms with E-state index in [9.17, 15) is 67.1 Å². The van der Waals surface area contributed by atoms with E-state index in [0.29, 0.717) is 115 Å². The molecule has 8 amide bonds. The summed E-state index contributed by atoms with van der Waals surface area (Å²) < 4.78 is 33.2. The van der Waals surface area contributed by atoms with Gasteiger partial charge in [0.15, 0.2) is 51.5 Å². The number of amides is 8. The number of aromatic nitrogens is 6. The van der Waals surface area contributed by atoms with E-state index in [2.05, 4.69) is 187 Å². The maximum Gasteiger partial charge on any atom is 1.00 e. The number of hydrogen-bond donors (Lipinski definition) is 10. The summed E-state index contributed by atoms with van der Waals surface area (Å²) in [4.78, 5) is 177. The second-order valence-corrected chi connectivity index (χ2v) is 39.2. The molecule has 46 heteroatoms. The predicted molar refractivity (Wildman–Crippen MR) is 557 cm³/mol. The zero-order valence-corrected chi connectivity index (χ0v) is 93.3. The first-order chi connectivity index (χ1) is 66.9. The minimum atomic E-state index is -1.10. The van der Waals surface area contributed by atoms with Gasteiger partial charge in [-0.25, -0.2) is 34.6 Å². The average Bonchev–Trinajstić information content (AvgIpc) is 0.807. The van der Waals surface area contributed by atoms with E-state index in [-0.39, 0.29) is 139 Å². The van der Waals surface area contributed by atoms with Crippen LogP contribution in [0.3, 0.4) is 0 Å². The maximum absolute atomic E-state index is 13.0. The number of nitrogens with zero attached hydrogens (tertiary/aromatic N) is 13. The number of hydrazine groups is 2. The van der Waals surface area contributed by atoms with Crippen LogP contribution in [0.1, 0.15) is 286 Å².